The predicted octanol–water partition coefficient (Wildman–Crippen LogP) is 7.01. The van der Waals surface area contributed by atoms with Crippen LogP contribution in [0.1, 0.15) is 25.8 Å². The van der Waals surface area contributed by atoms with E-state index in [1.54, 1.807) is 62.3 Å². The quantitative estimate of drug-likeness (QED) is 0.199. The van der Waals surface area contributed by atoms with Gasteiger partial charge in [-0.3, -0.25) is 9.52 Å². The van der Waals surface area contributed by atoms with Crippen LogP contribution in [0.3, 0.4) is 0 Å². The molecule has 0 aliphatic carbocycles. The van der Waals surface area contributed by atoms with Crippen LogP contribution in [-0.2, 0) is 10.2 Å². The molecule has 0 atom stereocenters. The monoisotopic (exact) mass is 562 g/mol. The lowest BCUT2D eigenvalue weighted by molar-refractivity contribution is -0.120. The first-order valence-electron chi connectivity index (χ1n) is 12.6. The molecule has 4 bridgehead atoms. The molecule has 5 rings (SSSR count). The van der Waals surface area contributed by atoms with Gasteiger partial charge in [0.1, 0.15) is 11.6 Å². The third kappa shape index (κ3) is 6.16. The fourth-order valence-electron chi connectivity index (χ4n) is 4.21. The maximum atomic E-state index is 15.3. The zero-order chi connectivity index (χ0) is 27.4. The SMILES string of the molecule is CC(C)(C(=O)Nc1ccc(-c2cnc3nc2NCCCNSc2cccc(c2)N3)cc1F)c1ccccc1Cl. The van der Waals surface area contributed by atoms with Gasteiger partial charge in [-0.25, -0.2) is 9.37 Å². The van der Waals surface area contributed by atoms with Crippen LogP contribution in [-0.4, -0.2) is 29.0 Å². The van der Waals surface area contributed by atoms with Gasteiger partial charge in [-0.1, -0.05) is 41.9 Å². The molecule has 0 radical (unpaired) electrons. The Morgan fingerprint density at radius 1 is 1.08 bits per heavy atom. The van der Waals surface area contributed by atoms with E-state index in [0.717, 1.165) is 23.5 Å². The van der Waals surface area contributed by atoms with Gasteiger partial charge in [0, 0.05) is 40.5 Å². The van der Waals surface area contributed by atoms with Crippen molar-refractivity contribution >= 4 is 52.6 Å². The molecule has 39 heavy (non-hydrogen) atoms. The number of fused-ring (bicyclic) bond motifs is 4. The van der Waals surface area contributed by atoms with Gasteiger partial charge in [0.15, 0.2) is 0 Å². The zero-order valence-corrected chi connectivity index (χ0v) is 23.1. The summed E-state index contributed by atoms with van der Waals surface area (Å²) in [5.74, 6) is 0.0952. The number of nitrogens with zero attached hydrogens (tertiary/aromatic N) is 2. The van der Waals surface area contributed by atoms with Crippen molar-refractivity contribution in [2.75, 3.05) is 29.0 Å². The van der Waals surface area contributed by atoms with Crippen LogP contribution in [0, 0.1) is 5.82 Å². The number of halogens is 2. The first kappa shape index (κ1) is 26.9. The Morgan fingerprint density at radius 2 is 1.92 bits per heavy atom. The van der Waals surface area contributed by atoms with Crippen LogP contribution in [0.5, 0.6) is 0 Å². The highest BCUT2D eigenvalue weighted by atomic mass is 35.5. The minimum atomic E-state index is -0.967. The lowest BCUT2D eigenvalue weighted by Crippen LogP contribution is -2.35. The molecule has 2 heterocycles. The third-order valence-corrected chi connectivity index (χ3v) is 7.63. The van der Waals surface area contributed by atoms with Crippen molar-refractivity contribution in [2.24, 2.45) is 0 Å². The number of anilines is 4. The molecule has 200 valence electrons. The molecule has 0 fully saturated rings. The molecule has 1 aliphatic rings. The van der Waals surface area contributed by atoms with E-state index in [1.807, 2.05) is 30.3 Å². The Labute approximate surface area is 236 Å². The largest absolute Gasteiger partial charge is 0.369 e. The van der Waals surface area contributed by atoms with Crippen molar-refractivity contribution in [3.05, 3.63) is 89.3 Å². The van der Waals surface area contributed by atoms with E-state index in [0.29, 0.717) is 40.0 Å². The Hall–Kier alpha value is -3.66. The van der Waals surface area contributed by atoms with E-state index < -0.39 is 11.2 Å². The highest BCUT2D eigenvalue weighted by molar-refractivity contribution is 7.97. The Bertz CT molecular complexity index is 1520. The van der Waals surface area contributed by atoms with E-state index in [-0.39, 0.29) is 11.6 Å². The van der Waals surface area contributed by atoms with Crippen LogP contribution in [0.15, 0.2) is 77.8 Å². The standard InChI is InChI=1S/C29H28ClFN6OS/c1-29(2,22-9-3-4-10-23(22)30)27(38)36-25-12-11-18(15-24(25)31)21-17-33-28-35-19-7-5-8-20(16-19)39-34-14-6-13-32-26(21)37-28/h3-5,7-12,15-17,34H,6,13-14H2,1-2H3,(H,36,38)(H2,32,33,35,37). The summed E-state index contributed by atoms with van der Waals surface area (Å²) in [5, 5.41) is 9.80. The van der Waals surface area contributed by atoms with E-state index >= 15 is 4.39 Å². The topological polar surface area (TPSA) is 91.0 Å². The average Bonchev–Trinajstić information content (AvgIpc) is 2.92. The predicted molar refractivity (Wildman–Crippen MR) is 157 cm³/mol. The third-order valence-electron chi connectivity index (χ3n) is 6.46. The Morgan fingerprint density at radius 3 is 2.74 bits per heavy atom. The summed E-state index contributed by atoms with van der Waals surface area (Å²) in [7, 11) is 0. The fraction of sp³-hybridized carbons (Fsp3) is 0.207. The number of nitrogens with one attached hydrogen (secondary N) is 4. The lowest BCUT2D eigenvalue weighted by atomic mass is 9.83. The molecule has 0 spiro atoms. The maximum absolute atomic E-state index is 15.3. The summed E-state index contributed by atoms with van der Waals surface area (Å²) in [6.45, 7) is 4.98. The Kier molecular flexibility index (Phi) is 8.02. The van der Waals surface area contributed by atoms with Gasteiger partial charge in [-0.2, -0.15) is 4.98 Å². The number of carbonyl (C=O) groups is 1. The van der Waals surface area contributed by atoms with Gasteiger partial charge in [0.2, 0.25) is 11.9 Å². The number of benzene rings is 3. The highest BCUT2D eigenvalue weighted by Gasteiger charge is 2.32. The van der Waals surface area contributed by atoms with Crippen LogP contribution < -0.4 is 20.7 Å². The molecule has 0 saturated carbocycles. The summed E-state index contributed by atoms with van der Waals surface area (Å²) >= 11 is 7.90. The van der Waals surface area contributed by atoms with E-state index in [2.05, 4.69) is 30.6 Å². The summed E-state index contributed by atoms with van der Waals surface area (Å²) in [6.07, 6.45) is 2.53. The molecule has 7 nitrogen and oxygen atoms in total. The molecule has 0 saturated heterocycles. The lowest BCUT2D eigenvalue weighted by Gasteiger charge is -2.25. The number of aromatic nitrogens is 2. The fourth-order valence-corrected chi connectivity index (χ4v) is 5.33. The molecule has 10 heteroatoms. The Balaban J connectivity index is 1.40. The molecule has 3 aromatic carbocycles. The normalized spacial score (nSPS) is 13.6. The van der Waals surface area contributed by atoms with Gasteiger partial charge >= 0.3 is 0 Å². The summed E-state index contributed by atoms with van der Waals surface area (Å²) in [5.41, 5.74) is 1.89. The van der Waals surface area contributed by atoms with Crippen molar-refractivity contribution in [3.8, 4) is 11.1 Å². The van der Waals surface area contributed by atoms with Crippen molar-refractivity contribution < 1.29 is 9.18 Å². The maximum Gasteiger partial charge on any atom is 0.234 e. The molecular formula is C29H28ClFN6OS. The smallest absolute Gasteiger partial charge is 0.234 e. The molecule has 1 aromatic heterocycles. The van der Waals surface area contributed by atoms with Crippen molar-refractivity contribution in [1.82, 2.24) is 14.7 Å². The molecule has 4 aromatic rings. The van der Waals surface area contributed by atoms with Gasteiger partial charge in [-0.15, -0.1) is 0 Å². The number of hydrogen-bond acceptors (Lipinski definition) is 7. The summed E-state index contributed by atoms with van der Waals surface area (Å²) < 4.78 is 18.7. The second kappa shape index (κ2) is 11.6. The van der Waals surface area contributed by atoms with E-state index in [1.165, 1.54) is 6.07 Å². The molecule has 1 aliphatic heterocycles. The number of carbonyl (C=O) groups excluding carboxylic acids is 1. The molecule has 0 unspecified atom stereocenters. The number of hydrogen-bond donors (Lipinski definition) is 4. The van der Waals surface area contributed by atoms with Crippen molar-refractivity contribution in [3.63, 3.8) is 0 Å². The minimum absolute atomic E-state index is 0.0828. The van der Waals surface area contributed by atoms with E-state index in [4.69, 9.17) is 11.6 Å². The van der Waals surface area contributed by atoms with Crippen molar-refractivity contribution in [2.45, 2.75) is 30.6 Å². The summed E-state index contributed by atoms with van der Waals surface area (Å²) in [6, 6.07) is 19.8. The van der Waals surface area contributed by atoms with Gasteiger partial charge in [0.05, 0.1) is 11.1 Å². The first-order chi connectivity index (χ1) is 18.8. The van der Waals surface area contributed by atoms with Crippen LogP contribution in [0.25, 0.3) is 11.1 Å². The van der Waals surface area contributed by atoms with Gasteiger partial charge in [0.25, 0.3) is 0 Å². The average molecular weight is 563 g/mol. The second-order valence-electron chi connectivity index (χ2n) is 9.64. The van der Waals surface area contributed by atoms with Gasteiger partial charge < -0.3 is 16.0 Å². The highest BCUT2D eigenvalue weighted by Crippen LogP contribution is 2.33. The van der Waals surface area contributed by atoms with Crippen LogP contribution in [0.2, 0.25) is 5.02 Å². The molecular weight excluding hydrogens is 535 g/mol. The van der Waals surface area contributed by atoms with Crippen LogP contribution in [0.4, 0.5) is 27.5 Å². The zero-order valence-electron chi connectivity index (χ0n) is 21.5. The second-order valence-corrected chi connectivity index (χ2v) is 11.0. The van der Waals surface area contributed by atoms with Gasteiger partial charge in [-0.05, 0) is 79.7 Å². The molecule has 4 N–H and O–H groups in total. The van der Waals surface area contributed by atoms with Crippen molar-refractivity contribution in [1.29, 1.82) is 0 Å². The van der Waals surface area contributed by atoms with Crippen LogP contribution >= 0.6 is 23.5 Å². The number of rotatable bonds is 4. The minimum Gasteiger partial charge on any atom is -0.369 e. The summed E-state index contributed by atoms with van der Waals surface area (Å²) in [4.78, 5) is 23.4. The number of amides is 1. The first-order valence-corrected chi connectivity index (χ1v) is 13.7. The van der Waals surface area contributed by atoms with E-state index in [9.17, 15) is 4.79 Å². The molecule has 1 amide bonds.